The largest absolute Gasteiger partial charge is 0.337 e. The van der Waals surface area contributed by atoms with Crippen molar-refractivity contribution >= 4 is 44.8 Å². The standard InChI is InChI=1S/C10H11BrClNOS/c11-8-2-1-4-13(10(8)14)6-7-3-5-15-9(7)12/h3,5,8H,1-2,4,6H2. The lowest BCUT2D eigenvalue weighted by atomic mass is 10.1. The van der Waals surface area contributed by atoms with Crippen molar-refractivity contribution in [3.8, 4) is 0 Å². The summed E-state index contributed by atoms with van der Waals surface area (Å²) in [5.74, 6) is 0.184. The highest BCUT2D eigenvalue weighted by molar-refractivity contribution is 9.10. The van der Waals surface area contributed by atoms with E-state index >= 15 is 0 Å². The Bertz CT molecular complexity index is 368. The summed E-state index contributed by atoms with van der Waals surface area (Å²) in [5.41, 5.74) is 1.05. The Labute approximate surface area is 106 Å². The van der Waals surface area contributed by atoms with E-state index in [0.717, 1.165) is 29.3 Å². The molecule has 1 aliphatic rings. The molecule has 1 unspecified atom stereocenters. The van der Waals surface area contributed by atoms with Crippen molar-refractivity contribution in [3.05, 3.63) is 21.3 Å². The quantitative estimate of drug-likeness (QED) is 0.768. The maximum atomic E-state index is 11.8. The molecule has 5 heteroatoms. The highest BCUT2D eigenvalue weighted by Gasteiger charge is 2.26. The van der Waals surface area contributed by atoms with Crippen LogP contribution in [0.4, 0.5) is 0 Å². The van der Waals surface area contributed by atoms with Gasteiger partial charge in [-0.15, -0.1) is 11.3 Å². The van der Waals surface area contributed by atoms with E-state index in [-0.39, 0.29) is 10.7 Å². The molecule has 0 radical (unpaired) electrons. The molecule has 1 fully saturated rings. The molecule has 1 aromatic rings. The summed E-state index contributed by atoms with van der Waals surface area (Å²) in [4.78, 5) is 13.7. The predicted octanol–water partition coefficient (Wildman–Crippen LogP) is 3.29. The Morgan fingerprint density at radius 2 is 2.47 bits per heavy atom. The van der Waals surface area contributed by atoms with E-state index < -0.39 is 0 Å². The Hall–Kier alpha value is -0.0600. The summed E-state index contributed by atoms with van der Waals surface area (Å²) < 4.78 is 0.791. The predicted molar refractivity (Wildman–Crippen MR) is 66.7 cm³/mol. The van der Waals surface area contributed by atoms with Crippen molar-refractivity contribution in [2.75, 3.05) is 6.54 Å². The molecule has 0 saturated carbocycles. The first kappa shape index (κ1) is 11.4. The molecule has 0 aromatic carbocycles. The molecule has 0 N–H and O–H groups in total. The molecule has 1 aromatic heterocycles. The zero-order valence-corrected chi connectivity index (χ0v) is 11.2. The summed E-state index contributed by atoms with van der Waals surface area (Å²) in [6, 6.07) is 1.98. The maximum absolute atomic E-state index is 11.8. The van der Waals surface area contributed by atoms with E-state index in [9.17, 15) is 4.79 Å². The van der Waals surface area contributed by atoms with Gasteiger partial charge in [-0.3, -0.25) is 4.79 Å². The van der Waals surface area contributed by atoms with Crippen LogP contribution in [0.15, 0.2) is 11.4 Å². The number of rotatable bonds is 2. The van der Waals surface area contributed by atoms with E-state index in [1.165, 1.54) is 11.3 Å². The average Bonchev–Trinajstić information content (AvgIpc) is 2.60. The van der Waals surface area contributed by atoms with E-state index in [1.54, 1.807) is 0 Å². The number of nitrogens with zero attached hydrogens (tertiary/aromatic N) is 1. The molecule has 2 heterocycles. The SMILES string of the molecule is O=C1C(Br)CCCN1Cc1ccsc1Cl. The normalized spacial score (nSPS) is 22.1. The molecule has 1 aliphatic heterocycles. The minimum atomic E-state index is -0.0105. The van der Waals surface area contributed by atoms with Crippen molar-refractivity contribution in [3.63, 3.8) is 0 Å². The summed E-state index contributed by atoms with van der Waals surface area (Å²) in [6.07, 6.45) is 2.00. The van der Waals surface area contributed by atoms with Crippen molar-refractivity contribution in [2.45, 2.75) is 24.2 Å². The van der Waals surface area contributed by atoms with Crippen LogP contribution in [-0.4, -0.2) is 22.2 Å². The number of alkyl halides is 1. The van der Waals surface area contributed by atoms with Crippen LogP contribution in [-0.2, 0) is 11.3 Å². The van der Waals surface area contributed by atoms with Gasteiger partial charge in [-0.1, -0.05) is 27.5 Å². The second-order valence-corrected chi connectivity index (χ2v) is 6.21. The molecule has 15 heavy (non-hydrogen) atoms. The lowest BCUT2D eigenvalue weighted by Gasteiger charge is -2.29. The minimum absolute atomic E-state index is 0.0105. The van der Waals surface area contributed by atoms with Crippen LogP contribution in [0, 0.1) is 0 Å². The van der Waals surface area contributed by atoms with Crippen LogP contribution in [0.25, 0.3) is 0 Å². The number of hydrogen-bond acceptors (Lipinski definition) is 2. The van der Waals surface area contributed by atoms with Crippen LogP contribution >= 0.6 is 38.9 Å². The fraction of sp³-hybridized carbons (Fsp3) is 0.500. The van der Waals surface area contributed by atoms with Gasteiger partial charge in [-0.05, 0) is 24.3 Å². The van der Waals surface area contributed by atoms with Crippen LogP contribution in [0.2, 0.25) is 4.34 Å². The van der Waals surface area contributed by atoms with Crippen LogP contribution in [0.1, 0.15) is 18.4 Å². The Kier molecular flexibility index (Phi) is 3.69. The fourth-order valence-electron chi connectivity index (χ4n) is 1.69. The van der Waals surface area contributed by atoms with Gasteiger partial charge in [0.05, 0.1) is 9.16 Å². The van der Waals surface area contributed by atoms with Crippen molar-refractivity contribution in [1.82, 2.24) is 4.90 Å². The Morgan fingerprint density at radius 3 is 3.13 bits per heavy atom. The molecule has 2 rings (SSSR count). The molecule has 0 bridgehead atoms. The lowest BCUT2D eigenvalue weighted by molar-refractivity contribution is -0.133. The monoisotopic (exact) mass is 307 g/mol. The lowest BCUT2D eigenvalue weighted by Crippen LogP contribution is -2.41. The summed E-state index contributed by atoms with van der Waals surface area (Å²) in [5, 5.41) is 1.96. The summed E-state index contributed by atoms with van der Waals surface area (Å²) >= 11 is 10.9. The zero-order chi connectivity index (χ0) is 10.8. The van der Waals surface area contributed by atoms with E-state index in [4.69, 9.17) is 11.6 Å². The number of likely N-dealkylation sites (tertiary alicyclic amines) is 1. The molecule has 1 amide bonds. The second-order valence-electron chi connectivity index (χ2n) is 3.59. The molecule has 1 saturated heterocycles. The Morgan fingerprint density at radius 1 is 1.67 bits per heavy atom. The third-order valence-corrected chi connectivity index (χ3v) is 4.62. The van der Waals surface area contributed by atoms with Crippen LogP contribution in [0.5, 0.6) is 0 Å². The van der Waals surface area contributed by atoms with Gasteiger partial charge in [0, 0.05) is 18.7 Å². The van der Waals surface area contributed by atoms with Gasteiger partial charge in [0.1, 0.15) is 0 Å². The van der Waals surface area contributed by atoms with Crippen molar-refractivity contribution in [1.29, 1.82) is 0 Å². The third kappa shape index (κ3) is 2.55. The zero-order valence-electron chi connectivity index (χ0n) is 8.08. The van der Waals surface area contributed by atoms with Gasteiger partial charge in [0.15, 0.2) is 0 Å². The maximum Gasteiger partial charge on any atom is 0.236 e. The molecule has 0 aliphatic carbocycles. The van der Waals surface area contributed by atoms with Gasteiger partial charge in [-0.2, -0.15) is 0 Å². The number of thiophene rings is 1. The number of carbonyl (C=O) groups is 1. The third-order valence-electron chi connectivity index (χ3n) is 2.52. The summed E-state index contributed by atoms with van der Waals surface area (Å²) in [6.45, 7) is 1.48. The highest BCUT2D eigenvalue weighted by Crippen LogP contribution is 2.26. The smallest absolute Gasteiger partial charge is 0.236 e. The van der Waals surface area contributed by atoms with Gasteiger partial charge in [-0.25, -0.2) is 0 Å². The minimum Gasteiger partial charge on any atom is -0.337 e. The van der Waals surface area contributed by atoms with Gasteiger partial charge < -0.3 is 4.90 Å². The molecule has 1 atom stereocenters. The van der Waals surface area contributed by atoms with E-state index in [0.29, 0.717) is 6.54 Å². The topological polar surface area (TPSA) is 20.3 Å². The highest BCUT2D eigenvalue weighted by atomic mass is 79.9. The van der Waals surface area contributed by atoms with Crippen molar-refractivity contribution < 1.29 is 4.79 Å². The van der Waals surface area contributed by atoms with Gasteiger partial charge in [0.2, 0.25) is 5.91 Å². The first-order valence-electron chi connectivity index (χ1n) is 4.83. The first-order valence-corrected chi connectivity index (χ1v) is 7.00. The molecule has 82 valence electrons. The number of piperidine rings is 1. The van der Waals surface area contributed by atoms with Crippen molar-refractivity contribution in [2.24, 2.45) is 0 Å². The van der Waals surface area contributed by atoms with E-state index in [2.05, 4.69) is 15.9 Å². The molecule has 0 spiro atoms. The van der Waals surface area contributed by atoms with E-state index in [1.807, 2.05) is 16.3 Å². The average molecular weight is 309 g/mol. The fourth-order valence-corrected chi connectivity index (χ4v) is 3.21. The molecular weight excluding hydrogens is 298 g/mol. The number of amides is 1. The second kappa shape index (κ2) is 4.85. The number of hydrogen-bond donors (Lipinski definition) is 0. The van der Waals surface area contributed by atoms with Crippen LogP contribution in [0.3, 0.4) is 0 Å². The number of halogens is 2. The molecule has 2 nitrogen and oxygen atoms in total. The van der Waals surface area contributed by atoms with Crippen LogP contribution < -0.4 is 0 Å². The number of carbonyl (C=O) groups excluding carboxylic acids is 1. The summed E-state index contributed by atoms with van der Waals surface area (Å²) in [7, 11) is 0. The van der Waals surface area contributed by atoms with Gasteiger partial charge >= 0.3 is 0 Å². The first-order chi connectivity index (χ1) is 7.18. The van der Waals surface area contributed by atoms with Gasteiger partial charge in [0.25, 0.3) is 0 Å². The Balaban J connectivity index is 2.05. The molecular formula is C10H11BrClNOS.